The number of fused-ring (bicyclic) bond motifs is 1. The largest absolute Gasteiger partial charge is 0.465 e. The van der Waals surface area contributed by atoms with E-state index < -0.39 is 34.3 Å². The maximum atomic E-state index is 14.9. The van der Waals surface area contributed by atoms with Gasteiger partial charge in [0.1, 0.15) is 23.8 Å². The first-order valence-corrected chi connectivity index (χ1v) is 13.6. The maximum absolute atomic E-state index is 14.9. The SMILES string of the molecule is CC1=Cc2sc(/C=C/c3ccc(/C=C/C4=C(C#N)C(=C(C#N)C#N)OC4(c4ccccc4)C(F)(F)F)s3)cc2C1. The molecular weight excluding hydrogens is 551 g/mol. The number of alkyl halides is 3. The van der Waals surface area contributed by atoms with Gasteiger partial charge in [0.25, 0.3) is 5.60 Å². The molecule has 1 aliphatic carbocycles. The predicted octanol–water partition coefficient (Wildman–Crippen LogP) is 8.56. The molecule has 0 radical (unpaired) electrons. The fraction of sp³-hybridized carbons (Fsp3) is 0.129. The number of hydrogen-bond donors (Lipinski definition) is 0. The molecule has 2 aliphatic rings. The Morgan fingerprint density at radius 1 is 0.925 bits per heavy atom. The molecule has 3 aromatic rings. The second-order valence-electron chi connectivity index (χ2n) is 9.09. The third-order valence-corrected chi connectivity index (χ3v) is 8.56. The van der Waals surface area contributed by atoms with Crippen molar-refractivity contribution in [1.29, 1.82) is 15.8 Å². The molecule has 9 heteroatoms. The third-order valence-electron chi connectivity index (χ3n) is 6.45. The Labute approximate surface area is 236 Å². The number of rotatable bonds is 5. The van der Waals surface area contributed by atoms with Crippen LogP contribution in [0.2, 0.25) is 0 Å². The number of nitriles is 3. The summed E-state index contributed by atoms with van der Waals surface area (Å²) >= 11 is 3.08. The van der Waals surface area contributed by atoms with E-state index >= 15 is 0 Å². The number of hydrogen-bond acceptors (Lipinski definition) is 6. The minimum atomic E-state index is -5.02. The lowest BCUT2D eigenvalue weighted by atomic mass is 9.84. The quantitative estimate of drug-likeness (QED) is 0.288. The Morgan fingerprint density at radius 3 is 2.17 bits per heavy atom. The van der Waals surface area contributed by atoms with E-state index in [1.165, 1.54) is 63.8 Å². The average Bonchev–Trinajstić information content (AvgIpc) is 3.69. The van der Waals surface area contributed by atoms with Gasteiger partial charge in [-0.15, -0.1) is 22.7 Å². The molecule has 0 spiro atoms. The van der Waals surface area contributed by atoms with Crippen molar-refractivity contribution in [2.24, 2.45) is 0 Å². The molecule has 0 amide bonds. The molecular formula is C31H18F3N3OS2. The smallest absolute Gasteiger partial charge is 0.437 e. The van der Waals surface area contributed by atoms with Crippen molar-refractivity contribution < 1.29 is 17.9 Å². The van der Waals surface area contributed by atoms with Crippen LogP contribution in [0.5, 0.6) is 0 Å². The second-order valence-corrected chi connectivity index (χ2v) is 11.4. The highest BCUT2D eigenvalue weighted by Gasteiger charge is 2.65. The van der Waals surface area contributed by atoms with E-state index in [1.54, 1.807) is 41.7 Å². The number of benzene rings is 1. The number of ether oxygens (including phenoxy) is 1. The molecule has 0 saturated heterocycles. The van der Waals surface area contributed by atoms with Gasteiger partial charge in [0.15, 0.2) is 11.3 Å². The summed E-state index contributed by atoms with van der Waals surface area (Å²) in [5.41, 5.74) is -2.41. The summed E-state index contributed by atoms with van der Waals surface area (Å²) < 4.78 is 50.1. The van der Waals surface area contributed by atoms with Gasteiger partial charge in [0.05, 0.1) is 0 Å². The molecule has 1 aliphatic heterocycles. The summed E-state index contributed by atoms with van der Waals surface area (Å²) in [5.74, 6) is -0.684. The summed E-state index contributed by atoms with van der Waals surface area (Å²) in [6.45, 7) is 2.11. The minimum Gasteiger partial charge on any atom is -0.465 e. The van der Waals surface area contributed by atoms with Gasteiger partial charge in [-0.05, 0) is 61.4 Å². The van der Waals surface area contributed by atoms with Crippen molar-refractivity contribution in [1.82, 2.24) is 0 Å². The van der Waals surface area contributed by atoms with Crippen molar-refractivity contribution in [2.75, 3.05) is 0 Å². The zero-order valence-corrected chi connectivity index (χ0v) is 22.5. The first kappa shape index (κ1) is 27.0. The molecule has 0 N–H and O–H groups in total. The fourth-order valence-corrected chi connectivity index (χ4v) is 6.62. The number of allylic oxidation sites excluding steroid dienone is 3. The highest BCUT2D eigenvalue weighted by Crippen LogP contribution is 2.56. The van der Waals surface area contributed by atoms with Crippen LogP contribution in [0.3, 0.4) is 0 Å². The first-order valence-electron chi connectivity index (χ1n) is 12.0. The third kappa shape index (κ3) is 4.69. The molecule has 1 atom stereocenters. The van der Waals surface area contributed by atoms with Crippen molar-refractivity contribution >= 4 is 47.0 Å². The number of halogens is 3. The zero-order chi connectivity index (χ0) is 28.5. The Hall–Kier alpha value is -4.62. The van der Waals surface area contributed by atoms with E-state index in [9.17, 15) is 29.0 Å². The molecule has 2 aromatic heterocycles. The molecule has 5 rings (SSSR count). The Balaban J connectivity index is 1.54. The first-order chi connectivity index (χ1) is 19.2. The van der Waals surface area contributed by atoms with E-state index in [0.29, 0.717) is 4.88 Å². The van der Waals surface area contributed by atoms with Crippen LogP contribution < -0.4 is 0 Å². The molecule has 196 valence electrons. The average molecular weight is 570 g/mol. The highest BCUT2D eigenvalue weighted by atomic mass is 32.1. The van der Waals surface area contributed by atoms with E-state index in [0.717, 1.165) is 16.2 Å². The molecule has 3 heterocycles. The van der Waals surface area contributed by atoms with E-state index in [-0.39, 0.29) is 5.56 Å². The van der Waals surface area contributed by atoms with Crippen LogP contribution in [0, 0.1) is 34.0 Å². The van der Waals surface area contributed by atoms with Crippen LogP contribution in [0.1, 0.15) is 37.6 Å². The van der Waals surface area contributed by atoms with Crippen LogP contribution >= 0.6 is 22.7 Å². The molecule has 0 saturated carbocycles. The van der Waals surface area contributed by atoms with Gasteiger partial charge in [-0.25, -0.2) is 0 Å². The molecule has 0 fully saturated rings. The van der Waals surface area contributed by atoms with Gasteiger partial charge in [0, 0.05) is 30.6 Å². The zero-order valence-electron chi connectivity index (χ0n) is 20.9. The molecule has 0 bridgehead atoms. The van der Waals surface area contributed by atoms with Crippen molar-refractivity contribution in [3.05, 3.63) is 113 Å². The van der Waals surface area contributed by atoms with Crippen molar-refractivity contribution in [2.45, 2.75) is 25.1 Å². The minimum absolute atomic E-state index is 0.275. The molecule has 1 aromatic carbocycles. The van der Waals surface area contributed by atoms with Crippen molar-refractivity contribution in [3.63, 3.8) is 0 Å². The van der Waals surface area contributed by atoms with Crippen LogP contribution in [0.25, 0.3) is 24.3 Å². The van der Waals surface area contributed by atoms with Crippen LogP contribution in [-0.4, -0.2) is 6.18 Å². The van der Waals surface area contributed by atoms with Crippen molar-refractivity contribution in [3.8, 4) is 18.2 Å². The second kappa shape index (κ2) is 10.5. The van der Waals surface area contributed by atoms with E-state index in [2.05, 4.69) is 19.1 Å². The lowest BCUT2D eigenvalue weighted by Crippen LogP contribution is -2.43. The topological polar surface area (TPSA) is 80.6 Å². The molecule has 1 unspecified atom stereocenters. The number of thiophene rings is 2. The van der Waals surface area contributed by atoms with Gasteiger partial charge in [-0.2, -0.15) is 29.0 Å². The van der Waals surface area contributed by atoms with Gasteiger partial charge in [0.2, 0.25) is 0 Å². The van der Waals surface area contributed by atoms with Crippen LogP contribution in [0.15, 0.2) is 82.7 Å². The standard InChI is InChI=1S/C31H18F3N3OS2/c1-19-13-20-15-25(40-28(20)14-19)10-9-23-7-8-24(39-23)11-12-27-26(18-37)29(21(16-35)17-36)38-30(27,31(32,33)34)22-5-3-2-4-6-22/h2-12,14-15H,13H2,1H3/b10-9+,12-11+. The Bertz CT molecular complexity index is 1770. The van der Waals surface area contributed by atoms with Gasteiger partial charge in [-0.1, -0.05) is 42.0 Å². The number of nitrogens with zero attached hydrogens (tertiary/aromatic N) is 3. The van der Waals surface area contributed by atoms with E-state index in [1.807, 2.05) is 18.2 Å². The lowest BCUT2D eigenvalue weighted by molar-refractivity contribution is -0.249. The lowest BCUT2D eigenvalue weighted by Gasteiger charge is -2.33. The monoisotopic (exact) mass is 569 g/mol. The highest BCUT2D eigenvalue weighted by molar-refractivity contribution is 7.14. The summed E-state index contributed by atoms with van der Waals surface area (Å²) in [6.07, 6.45) is 4.77. The summed E-state index contributed by atoms with van der Waals surface area (Å²) in [5, 5.41) is 28.6. The van der Waals surface area contributed by atoms with Crippen LogP contribution in [0.4, 0.5) is 13.2 Å². The van der Waals surface area contributed by atoms with E-state index in [4.69, 9.17) is 4.74 Å². The van der Waals surface area contributed by atoms with Gasteiger partial charge >= 0.3 is 6.18 Å². The summed E-state index contributed by atoms with van der Waals surface area (Å²) in [6, 6.07) is 17.5. The molecule has 40 heavy (non-hydrogen) atoms. The maximum Gasteiger partial charge on any atom is 0.437 e. The summed E-state index contributed by atoms with van der Waals surface area (Å²) in [7, 11) is 0. The Kier molecular flexibility index (Phi) is 7.08. The fourth-order valence-electron chi connectivity index (χ4n) is 4.69. The van der Waals surface area contributed by atoms with Gasteiger partial charge in [-0.3, -0.25) is 0 Å². The predicted molar refractivity (Wildman–Crippen MR) is 150 cm³/mol. The van der Waals surface area contributed by atoms with Gasteiger partial charge < -0.3 is 4.74 Å². The summed E-state index contributed by atoms with van der Waals surface area (Å²) in [4.78, 5) is 3.94. The normalized spacial score (nSPS) is 18.4. The molecule has 4 nitrogen and oxygen atoms in total. The van der Waals surface area contributed by atoms with Crippen LogP contribution in [-0.2, 0) is 16.8 Å². The Morgan fingerprint density at radius 2 is 1.57 bits per heavy atom.